The summed E-state index contributed by atoms with van der Waals surface area (Å²) in [4.78, 5) is 26.8. The number of ether oxygens (including phenoxy) is 1. The molecule has 3 rings (SSSR count). The van der Waals surface area contributed by atoms with E-state index in [0.29, 0.717) is 24.3 Å². The van der Waals surface area contributed by atoms with Crippen molar-refractivity contribution in [2.24, 2.45) is 0 Å². The first kappa shape index (κ1) is 23.8. The van der Waals surface area contributed by atoms with Crippen LogP contribution in [0.5, 0.6) is 5.75 Å². The van der Waals surface area contributed by atoms with E-state index in [2.05, 4.69) is 9.80 Å². The summed E-state index contributed by atoms with van der Waals surface area (Å²) in [6, 6.07) is 11.4. The predicted octanol–water partition coefficient (Wildman–Crippen LogP) is 2.75. The molecule has 172 valence electrons. The molecule has 1 saturated heterocycles. The molecule has 0 bridgehead atoms. The average molecular weight is 445 g/mol. The molecular formula is C23H28FN3O5. The minimum absolute atomic E-state index is 0.00408. The third kappa shape index (κ3) is 7.37. The number of hydrogen-bond acceptors (Lipinski definition) is 7. The minimum Gasteiger partial charge on any atom is -0.491 e. The number of nitro groups is 1. The first-order valence-corrected chi connectivity index (χ1v) is 10.7. The number of piperazine rings is 1. The number of aliphatic hydroxyl groups excluding tert-OH is 1. The third-order valence-corrected chi connectivity index (χ3v) is 5.47. The SMILES string of the molecule is O=C(CCCN1CCN(CC(O)COc2ccc([N+](=O)[O-])cc2)CC1)c1ccc(F)cc1. The maximum Gasteiger partial charge on any atom is 0.269 e. The van der Waals surface area contributed by atoms with Gasteiger partial charge in [-0.05, 0) is 49.4 Å². The molecule has 0 aliphatic carbocycles. The summed E-state index contributed by atoms with van der Waals surface area (Å²) in [6.07, 6.45) is 0.525. The van der Waals surface area contributed by atoms with Gasteiger partial charge < -0.3 is 14.7 Å². The summed E-state index contributed by atoms with van der Waals surface area (Å²) in [7, 11) is 0. The van der Waals surface area contributed by atoms with Crippen LogP contribution < -0.4 is 4.74 Å². The highest BCUT2D eigenvalue weighted by Crippen LogP contribution is 2.17. The van der Waals surface area contributed by atoms with E-state index in [1.807, 2.05) is 0 Å². The molecule has 8 nitrogen and oxygen atoms in total. The normalized spacial score (nSPS) is 15.9. The van der Waals surface area contributed by atoms with Gasteiger partial charge in [-0.25, -0.2) is 4.39 Å². The second kappa shape index (κ2) is 11.7. The molecule has 0 spiro atoms. The van der Waals surface area contributed by atoms with Crippen LogP contribution in [-0.2, 0) is 0 Å². The molecule has 0 saturated carbocycles. The Bertz CT molecular complexity index is 884. The predicted molar refractivity (Wildman–Crippen MR) is 117 cm³/mol. The number of nitro benzene ring substituents is 1. The summed E-state index contributed by atoms with van der Waals surface area (Å²) in [5, 5.41) is 20.9. The van der Waals surface area contributed by atoms with Gasteiger partial charge in [-0.3, -0.25) is 19.8 Å². The highest BCUT2D eigenvalue weighted by Gasteiger charge is 2.19. The molecule has 0 aromatic heterocycles. The van der Waals surface area contributed by atoms with E-state index in [4.69, 9.17) is 4.74 Å². The lowest BCUT2D eigenvalue weighted by molar-refractivity contribution is -0.384. The molecule has 1 aliphatic heterocycles. The van der Waals surface area contributed by atoms with E-state index in [9.17, 15) is 24.4 Å². The van der Waals surface area contributed by atoms with E-state index in [-0.39, 0.29) is 23.9 Å². The third-order valence-electron chi connectivity index (χ3n) is 5.47. The lowest BCUT2D eigenvalue weighted by atomic mass is 10.1. The summed E-state index contributed by atoms with van der Waals surface area (Å²) in [5.41, 5.74) is 0.539. The smallest absolute Gasteiger partial charge is 0.269 e. The first-order valence-electron chi connectivity index (χ1n) is 10.7. The number of ketones is 1. The quantitative estimate of drug-likeness (QED) is 0.323. The number of benzene rings is 2. The molecule has 1 N–H and O–H groups in total. The molecule has 0 radical (unpaired) electrons. The fourth-order valence-corrected chi connectivity index (χ4v) is 3.65. The summed E-state index contributed by atoms with van der Waals surface area (Å²) < 4.78 is 18.5. The molecule has 2 aromatic carbocycles. The van der Waals surface area contributed by atoms with Gasteiger partial charge in [0.1, 0.15) is 24.3 Å². The molecule has 9 heteroatoms. The van der Waals surface area contributed by atoms with Gasteiger partial charge in [0.2, 0.25) is 0 Å². The Morgan fingerprint density at radius 2 is 1.69 bits per heavy atom. The van der Waals surface area contributed by atoms with E-state index in [1.165, 1.54) is 48.5 Å². The van der Waals surface area contributed by atoms with Gasteiger partial charge in [-0.2, -0.15) is 0 Å². The van der Waals surface area contributed by atoms with Crippen molar-refractivity contribution in [1.82, 2.24) is 9.80 Å². The number of rotatable bonds is 11. The largest absolute Gasteiger partial charge is 0.491 e. The van der Waals surface area contributed by atoms with E-state index in [1.54, 1.807) is 0 Å². The minimum atomic E-state index is -0.662. The lowest BCUT2D eigenvalue weighted by Crippen LogP contribution is -2.49. The Kier molecular flexibility index (Phi) is 8.66. The average Bonchev–Trinajstić information content (AvgIpc) is 2.79. The maximum absolute atomic E-state index is 12.9. The van der Waals surface area contributed by atoms with Gasteiger partial charge >= 0.3 is 0 Å². The molecule has 0 amide bonds. The number of carbonyl (C=O) groups excluding carboxylic acids is 1. The summed E-state index contributed by atoms with van der Waals surface area (Å²) >= 11 is 0. The van der Waals surface area contributed by atoms with E-state index >= 15 is 0 Å². The fraction of sp³-hybridized carbons (Fsp3) is 0.435. The zero-order valence-corrected chi connectivity index (χ0v) is 17.9. The van der Waals surface area contributed by atoms with Gasteiger partial charge in [-0.15, -0.1) is 0 Å². The molecule has 2 aromatic rings. The Morgan fingerprint density at radius 3 is 2.31 bits per heavy atom. The number of β-amino-alcohol motifs (C(OH)–C–C–N with tert-alkyl or cyclic N) is 1. The van der Waals surface area contributed by atoms with Crippen LogP contribution >= 0.6 is 0 Å². The second-order valence-electron chi connectivity index (χ2n) is 7.89. The van der Waals surface area contributed by atoms with Gasteiger partial charge in [0, 0.05) is 56.8 Å². The number of nitrogens with zero attached hydrogens (tertiary/aromatic N) is 3. The van der Waals surface area contributed by atoms with Gasteiger partial charge in [0.25, 0.3) is 5.69 Å². The van der Waals surface area contributed by atoms with E-state index in [0.717, 1.165) is 39.1 Å². The number of aliphatic hydroxyl groups is 1. The van der Waals surface area contributed by atoms with Crippen LogP contribution in [0.1, 0.15) is 23.2 Å². The van der Waals surface area contributed by atoms with Crippen LogP contribution in [0.25, 0.3) is 0 Å². The molecular weight excluding hydrogens is 417 g/mol. The van der Waals surface area contributed by atoms with Crippen molar-refractivity contribution in [2.75, 3.05) is 45.9 Å². The van der Waals surface area contributed by atoms with Crippen molar-refractivity contribution in [3.05, 3.63) is 70.0 Å². The Labute approximate surface area is 186 Å². The van der Waals surface area contributed by atoms with Gasteiger partial charge in [0.15, 0.2) is 5.78 Å². The molecule has 1 unspecified atom stereocenters. The van der Waals surface area contributed by atoms with Gasteiger partial charge in [-0.1, -0.05) is 0 Å². The highest BCUT2D eigenvalue weighted by molar-refractivity contribution is 5.95. The van der Waals surface area contributed by atoms with Crippen molar-refractivity contribution in [3.63, 3.8) is 0 Å². The Hall–Kier alpha value is -2.88. The molecule has 1 heterocycles. The zero-order chi connectivity index (χ0) is 22.9. The van der Waals surface area contributed by atoms with E-state index < -0.39 is 11.0 Å². The second-order valence-corrected chi connectivity index (χ2v) is 7.89. The number of carbonyl (C=O) groups is 1. The number of non-ortho nitro benzene ring substituents is 1. The van der Waals surface area contributed by atoms with Crippen molar-refractivity contribution in [3.8, 4) is 5.75 Å². The van der Waals surface area contributed by atoms with Crippen molar-refractivity contribution >= 4 is 11.5 Å². The summed E-state index contributed by atoms with van der Waals surface area (Å²) in [6.45, 7) is 4.79. The lowest BCUT2D eigenvalue weighted by Gasteiger charge is -2.35. The maximum atomic E-state index is 12.9. The number of hydrogen-bond donors (Lipinski definition) is 1. The highest BCUT2D eigenvalue weighted by atomic mass is 19.1. The van der Waals surface area contributed by atoms with Crippen LogP contribution in [0.3, 0.4) is 0 Å². The standard InChI is InChI=1S/C23H28FN3O5/c24-19-5-3-18(4-6-19)23(29)2-1-11-25-12-14-26(15-13-25)16-21(28)17-32-22-9-7-20(8-10-22)27(30)31/h3-10,21,28H,1-2,11-17H2. The number of Topliss-reactive ketones (excluding diaryl/α,β-unsaturated/α-hetero) is 1. The van der Waals surface area contributed by atoms with Crippen molar-refractivity contribution in [1.29, 1.82) is 0 Å². The van der Waals surface area contributed by atoms with Gasteiger partial charge in [0.05, 0.1) is 4.92 Å². The molecule has 1 atom stereocenters. The van der Waals surface area contributed by atoms with Crippen LogP contribution in [0.15, 0.2) is 48.5 Å². The van der Waals surface area contributed by atoms with Crippen LogP contribution in [0, 0.1) is 15.9 Å². The summed E-state index contributed by atoms with van der Waals surface area (Å²) in [5.74, 6) is 0.164. The van der Waals surface area contributed by atoms with Crippen molar-refractivity contribution in [2.45, 2.75) is 18.9 Å². The van der Waals surface area contributed by atoms with Crippen LogP contribution in [0.2, 0.25) is 0 Å². The molecule has 1 aliphatic rings. The zero-order valence-electron chi connectivity index (χ0n) is 17.9. The van der Waals surface area contributed by atoms with Crippen molar-refractivity contribution < 1.29 is 24.0 Å². The molecule has 1 fully saturated rings. The molecule has 32 heavy (non-hydrogen) atoms. The Balaban J connectivity index is 1.30. The Morgan fingerprint density at radius 1 is 1.06 bits per heavy atom. The number of halogens is 1. The first-order chi connectivity index (χ1) is 15.4. The topological polar surface area (TPSA) is 96.2 Å². The monoisotopic (exact) mass is 445 g/mol. The fourth-order valence-electron chi connectivity index (χ4n) is 3.65. The van der Waals surface area contributed by atoms with Crippen LogP contribution in [-0.4, -0.2) is 77.6 Å². The van der Waals surface area contributed by atoms with Crippen LogP contribution in [0.4, 0.5) is 10.1 Å².